The number of anilines is 1. The lowest BCUT2D eigenvalue weighted by Gasteiger charge is -2.19. The molecule has 3 rings (SSSR count). The highest BCUT2D eigenvalue weighted by molar-refractivity contribution is 5.57. The zero-order valence-corrected chi connectivity index (χ0v) is 11.5. The number of hydrogen-bond acceptors (Lipinski definition) is 3. The van der Waals surface area contributed by atoms with Gasteiger partial charge in [-0.05, 0) is 37.7 Å². The third kappa shape index (κ3) is 2.66. The number of para-hydroxylation sites is 1. The Hall–Kier alpha value is -1.74. The van der Waals surface area contributed by atoms with Crippen LogP contribution in [0.3, 0.4) is 0 Å². The number of likely N-dealkylation sites (N-methyl/N-ethyl adjacent to an activating group) is 1. The van der Waals surface area contributed by atoms with Gasteiger partial charge < -0.3 is 9.73 Å². The van der Waals surface area contributed by atoms with E-state index in [1.54, 1.807) is 0 Å². The summed E-state index contributed by atoms with van der Waals surface area (Å²) < 4.78 is 5.63. The van der Waals surface area contributed by atoms with Crippen molar-refractivity contribution in [1.29, 1.82) is 0 Å². The van der Waals surface area contributed by atoms with Crippen molar-refractivity contribution in [2.24, 2.45) is 0 Å². The highest BCUT2D eigenvalue weighted by Gasteiger charge is 2.22. The number of nitrogens with zero attached hydrogens (tertiary/aromatic N) is 1. The van der Waals surface area contributed by atoms with Crippen molar-refractivity contribution < 1.29 is 4.42 Å². The van der Waals surface area contributed by atoms with Crippen LogP contribution in [0, 0.1) is 6.92 Å². The molecule has 0 radical (unpaired) electrons. The number of benzene rings is 1. The van der Waals surface area contributed by atoms with E-state index in [4.69, 9.17) is 4.42 Å². The molecule has 1 atom stereocenters. The minimum atomic E-state index is 0.567. The van der Waals surface area contributed by atoms with E-state index in [2.05, 4.69) is 47.6 Å². The van der Waals surface area contributed by atoms with E-state index in [9.17, 15) is 0 Å². The van der Waals surface area contributed by atoms with Gasteiger partial charge in [-0.15, -0.1) is 0 Å². The molecule has 0 saturated heterocycles. The van der Waals surface area contributed by atoms with Crippen LogP contribution in [0.2, 0.25) is 0 Å². The highest BCUT2D eigenvalue weighted by atomic mass is 16.3. The Morgan fingerprint density at radius 3 is 2.89 bits per heavy atom. The van der Waals surface area contributed by atoms with Crippen LogP contribution >= 0.6 is 0 Å². The van der Waals surface area contributed by atoms with Crippen molar-refractivity contribution in [3.8, 4) is 0 Å². The van der Waals surface area contributed by atoms with Gasteiger partial charge in [-0.25, -0.2) is 0 Å². The summed E-state index contributed by atoms with van der Waals surface area (Å²) in [6, 6.07) is 12.7. The van der Waals surface area contributed by atoms with Crippen LogP contribution in [-0.4, -0.2) is 25.0 Å². The Bertz CT molecular complexity index is 561. The summed E-state index contributed by atoms with van der Waals surface area (Å²) in [5, 5.41) is 3.47. The maximum Gasteiger partial charge on any atom is 0.118 e. The summed E-state index contributed by atoms with van der Waals surface area (Å²) in [6.45, 7) is 4.93. The molecule has 0 fully saturated rings. The predicted octanol–water partition coefficient (Wildman–Crippen LogP) is 3.23. The van der Waals surface area contributed by atoms with Crippen molar-refractivity contribution in [2.75, 3.05) is 25.5 Å². The van der Waals surface area contributed by atoms with Gasteiger partial charge in [0.25, 0.3) is 0 Å². The SMILES string of the molecule is Cc1ccc(CN(C)CC2CNc3ccccc32)o1. The standard InChI is InChI=1S/C16H20N2O/c1-12-7-8-14(19-12)11-18(2)10-13-9-17-16-6-4-3-5-15(13)16/h3-8,13,17H,9-11H2,1-2H3. The zero-order chi connectivity index (χ0) is 13.2. The molecule has 0 saturated carbocycles. The third-order valence-corrected chi connectivity index (χ3v) is 3.69. The monoisotopic (exact) mass is 256 g/mol. The van der Waals surface area contributed by atoms with Gasteiger partial charge in [-0.1, -0.05) is 18.2 Å². The Morgan fingerprint density at radius 1 is 1.26 bits per heavy atom. The first kappa shape index (κ1) is 12.3. The lowest BCUT2D eigenvalue weighted by Crippen LogP contribution is -2.25. The van der Waals surface area contributed by atoms with Gasteiger partial charge in [-0.2, -0.15) is 0 Å². The summed E-state index contributed by atoms with van der Waals surface area (Å²) in [5.41, 5.74) is 2.72. The number of hydrogen-bond donors (Lipinski definition) is 1. The number of fused-ring (bicyclic) bond motifs is 1. The molecular formula is C16H20N2O. The second-order valence-corrected chi connectivity index (χ2v) is 5.37. The maximum absolute atomic E-state index is 5.63. The summed E-state index contributed by atoms with van der Waals surface area (Å²) in [4.78, 5) is 2.33. The normalized spacial score (nSPS) is 17.5. The number of furan rings is 1. The minimum Gasteiger partial charge on any atom is -0.465 e. The molecule has 3 heteroatoms. The quantitative estimate of drug-likeness (QED) is 0.910. The molecule has 0 aliphatic carbocycles. The van der Waals surface area contributed by atoms with E-state index in [0.29, 0.717) is 5.92 Å². The molecule has 19 heavy (non-hydrogen) atoms. The van der Waals surface area contributed by atoms with Crippen LogP contribution < -0.4 is 5.32 Å². The fraction of sp³-hybridized carbons (Fsp3) is 0.375. The number of aryl methyl sites for hydroxylation is 1. The average Bonchev–Trinajstić information content (AvgIpc) is 2.97. The van der Waals surface area contributed by atoms with Gasteiger partial charge in [0, 0.05) is 24.7 Å². The smallest absolute Gasteiger partial charge is 0.118 e. The molecule has 0 spiro atoms. The lowest BCUT2D eigenvalue weighted by molar-refractivity contribution is 0.279. The van der Waals surface area contributed by atoms with Crippen molar-refractivity contribution in [3.05, 3.63) is 53.5 Å². The van der Waals surface area contributed by atoms with E-state index < -0.39 is 0 Å². The molecule has 100 valence electrons. The maximum atomic E-state index is 5.63. The van der Waals surface area contributed by atoms with Gasteiger partial charge in [0.2, 0.25) is 0 Å². The molecule has 1 aliphatic rings. The van der Waals surface area contributed by atoms with Crippen LogP contribution in [-0.2, 0) is 6.54 Å². The molecule has 0 amide bonds. The molecule has 1 aromatic heterocycles. The average molecular weight is 256 g/mol. The second kappa shape index (κ2) is 5.10. The van der Waals surface area contributed by atoms with Gasteiger partial charge in [0.15, 0.2) is 0 Å². The van der Waals surface area contributed by atoms with Crippen molar-refractivity contribution >= 4 is 5.69 Å². The summed E-state index contributed by atoms with van der Waals surface area (Å²) in [6.07, 6.45) is 0. The van der Waals surface area contributed by atoms with E-state index in [0.717, 1.165) is 31.2 Å². The Balaban J connectivity index is 1.63. The predicted molar refractivity (Wildman–Crippen MR) is 77.5 cm³/mol. The molecule has 1 aliphatic heterocycles. The van der Waals surface area contributed by atoms with Gasteiger partial charge in [0.05, 0.1) is 6.54 Å². The summed E-state index contributed by atoms with van der Waals surface area (Å²) >= 11 is 0. The number of nitrogens with one attached hydrogen (secondary N) is 1. The Morgan fingerprint density at radius 2 is 2.11 bits per heavy atom. The molecule has 0 bridgehead atoms. The van der Waals surface area contributed by atoms with Crippen LogP contribution in [0.15, 0.2) is 40.8 Å². The van der Waals surface area contributed by atoms with Crippen LogP contribution in [0.25, 0.3) is 0 Å². The minimum absolute atomic E-state index is 0.567. The molecule has 2 aromatic rings. The van der Waals surface area contributed by atoms with Gasteiger partial charge in [0.1, 0.15) is 11.5 Å². The summed E-state index contributed by atoms with van der Waals surface area (Å²) in [5.74, 6) is 2.59. The summed E-state index contributed by atoms with van der Waals surface area (Å²) in [7, 11) is 2.15. The molecule has 1 N–H and O–H groups in total. The van der Waals surface area contributed by atoms with Crippen molar-refractivity contribution in [2.45, 2.75) is 19.4 Å². The Kier molecular flexibility index (Phi) is 3.30. The van der Waals surface area contributed by atoms with Gasteiger partial charge in [-0.3, -0.25) is 4.90 Å². The molecular weight excluding hydrogens is 236 g/mol. The van der Waals surface area contributed by atoms with Crippen LogP contribution in [0.5, 0.6) is 0 Å². The Labute approximate surface area is 114 Å². The lowest BCUT2D eigenvalue weighted by atomic mass is 10.0. The van der Waals surface area contributed by atoms with E-state index in [1.807, 2.05) is 13.0 Å². The first-order valence-electron chi connectivity index (χ1n) is 6.79. The van der Waals surface area contributed by atoms with E-state index in [1.165, 1.54) is 11.3 Å². The van der Waals surface area contributed by atoms with Crippen LogP contribution in [0.4, 0.5) is 5.69 Å². The number of rotatable bonds is 4. The van der Waals surface area contributed by atoms with Crippen LogP contribution in [0.1, 0.15) is 23.0 Å². The second-order valence-electron chi connectivity index (χ2n) is 5.37. The molecule has 2 heterocycles. The van der Waals surface area contributed by atoms with Gasteiger partial charge >= 0.3 is 0 Å². The third-order valence-electron chi connectivity index (χ3n) is 3.69. The topological polar surface area (TPSA) is 28.4 Å². The highest BCUT2D eigenvalue weighted by Crippen LogP contribution is 2.31. The first-order chi connectivity index (χ1) is 9.22. The first-order valence-corrected chi connectivity index (χ1v) is 6.79. The zero-order valence-electron chi connectivity index (χ0n) is 11.5. The van der Waals surface area contributed by atoms with E-state index >= 15 is 0 Å². The van der Waals surface area contributed by atoms with Crippen molar-refractivity contribution in [1.82, 2.24) is 4.90 Å². The fourth-order valence-electron chi connectivity index (χ4n) is 2.80. The molecule has 3 nitrogen and oxygen atoms in total. The largest absolute Gasteiger partial charge is 0.465 e. The van der Waals surface area contributed by atoms with Crippen molar-refractivity contribution in [3.63, 3.8) is 0 Å². The molecule has 1 aromatic carbocycles. The van der Waals surface area contributed by atoms with E-state index in [-0.39, 0.29) is 0 Å². The fourth-order valence-corrected chi connectivity index (χ4v) is 2.80. The molecule has 1 unspecified atom stereocenters.